The molecule has 2 rings (SSSR count). The largest absolute Gasteiger partial charge is 0.476 e. The maximum atomic E-state index is 13.1. The second kappa shape index (κ2) is 6.05. The molecule has 1 heterocycles. The molecule has 1 aromatic carbocycles. The number of anilines is 2. The van der Waals surface area contributed by atoms with Crippen LogP contribution in [0.3, 0.4) is 0 Å². The third-order valence-corrected chi connectivity index (χ3v) is 3.01. The molecule has 2 aromatic rings. The van der Waals surface area contributed by atoms with Crippen LogP contribution in [0, 0.1) is 5.82 Å². The van der Waals surface area contributed by atoms with Crippen LogP contribution in [0.25, 0.3) is 0 Å². The summed E-state index contributed by atoms with van der Waals surface area (Å²) >= 11 is 5.69. The van der Waals surface area contributed by atoms with Gasteiger partial charge in [-0.2, -0.15) is 0 Å². The van der Waals surface area contributed by atoms with E-state index in [-0.39, 0.29) is 22.3 Å². The molecule has 0 radical (unpaired) electrons. The molecule has 0 unspecified atom stereocenters. The number of hydrogen-bond acceptors (Lipinski definition) is 4. The van der Waals surface area contributed by atoms with Gasteiger partial charge in [0, 0.05) is 11.6 Å². The molecule has 0 aliphatic rings. The Morgan fingerprint density at radius 3 is 2.71 bits per heavy atom. The summed E-state index contributed by atoms with van der Waals surface area (Å²) in [7, 11) is 0. The first-order valence-corrected chi connectivity index (χ1v) is 6.58. The first-order chi connectivity index (χ1) is 9.88. The fourth-order valence-corrected chi connectivity index (χ4v) is 1.84. The zero-order valence-corrected chi connectivity index (χ0v) is 12.1. The molecule has 0 amide bonds. The highest BCUT2D eigenvalue weighted by molar-refractivity contribution is 6.31. The van der Waals surface area contributed by atoms with Gasteiger partial charge in [-0.3, -0.25) is 0 Å². The van der Waals surface area contributed by atoms with Crippen molar-refractivity contribution in [2.24, 2.45) is 0 Å². The highest BCUT2D eigenvalue weighted by atomic mass is 35.5. The summed E-state index contributed by atoms with van der Waals surface area (Å²) < 4.78 is 13.1. The maximum absolute atomic E-state index is 13.1. The van der Waals surface area contributed by atoms with Crippen molar-refractivity contribution in [2.75, 3.05) is 5.32 Å². The Bertz CT molecular complexity index is 692. The predicted molar refractivity (Wildman–Crippen MR) is 77.8 cm³/mol. The van der Waals surface area contributed by atoms with Crippen LogP contribution in [0.15, 0.2) is 24.4 Å². The van der Waals surface area contributed by atoms with E-state index in [4.69, 9.17) is 11.6 Å². The molecule has 7 heteroatoms. The van der Waals surface area contributed by atoms with Crippen molar-refractivity contribution < 1.29 is 14.3 Å². The monoisotopic (exact) mass is 309 g/mol. The third-order valence-electron chi connectivity index (χ3n) is 2.72. The molecule has 5 nitrogen and oxygen atoms in total. The maximum Gasteiger partial charge on any atom is 0.356 e. The van der Waals surface area contributed by atoms with E-state index in [1.165, 1.54) is 24.4 Å². The summed E-state index contributed by atoms with van der Waals surface area (Å²) in [5.74, 6) is -1.27. The lowest BCUT2D eigenvalue weighted by Crippen LogP contribution is -2.10. The standard InChI is InChI=1S/C14H13ClFN3O2/c1-7(2)13-17-6-11(12(19-13)14(20)21)18-8-3-4-10(16)9(15)5-8/h3-7,18H,1-2H3,(H,20,21). The topological polar surface area (TPSA) is 75.1 Å². The van der Waals surface area contributed by atoms with Crippen LogP contribution in [-0.4, -0.2) is 21.0 Å². The van der Waals surface area contributed by atoms with Gasteiger partial charge in [-0.05, 0) is 18.2 Å². The highest BCUT2D eigenvalue weighted by Gasteiger charge is 2.16. The zero-order valence-electron chi connectivity index (χ0n) is 11.4. The quantitative estimate of drug-likeness (QED) is 0.897. The Kier molecular flexibility index (Phi) is 4.37. The van der Waals surface area contributed by atoms with Crippen LogP contribution in [-0.2, 0) is 0 Å². The molecule has 21 heavy (non-hydrogen) atoms. The van der Waals surface area contributed by atoms with Crippen molar-refractivity contribution in [3.63, 3.8) is 0 Å². The Hall–Kier alpha value is -2.21. The zero-order chi connectivity index (χ0) is 15.6. The Morgan fingerprint density at radius 1 is 1.43 bits per heavy atom. The smallest absolute Gasteiger partial charge is 0.356 e. The number of rotatable bonds is 4. The van der Waals surface area contributed by atoms with Crippen molar-refractivity contribution in [1.29, 1.82) is 0 Å². The number of carbonyl (C=O) groups is 1. The molecule has 0 spiro atoms. The number of carboxylic acid groups (broad SMARTS) is 1. The first kappa shape index (κ1) is 15.2. The van der Waals surface area contributed by atoms with Crippen molar-refractivity contribution in [3.05, 3.63) is 46.8 Å². The number of nitrogens with zero attached hydrogens (tertiary/aromatic N) is 2. The molecule has 0 bridgehead atoms. The van der Waals surface area contributed by atoms with Gasteiger partial charge in [0.15, 0.2) is 5.69 Å². The first-order valence-electron chi connectivity index (χ1n) is 6.20. The van der Waals surface area contributed by atoms with Crippen LogP contribution in [0.1, 0.15) is 36.1 Å². The fourth-order valence-electron chi connectivity index (χ4n) is 1.66. The van der Waals surface area contributed by atoms with Crippen LogP contribution in [0.4, 0.5) is 15.8 Å². The lowest BCUT2D eigenvalue weighted by molar-refractivity contribution is 0.0691. The molecular formula is C14H13ClFN3O2. The molecule has 2 N–H and O–H groups in total. The molecule has 1 aromatic heterocycles. The summed E-state index contributed by atoms with van der Waals surface area (Å²) in [5.41, 5.74) is 0.522. The second-order valence-electron chi connectivity index (χ2n) is 4.70. The van der Waals surface area contributed by atoms with E-state index < -0.39 is 11.8 Å². The minimum Gasteiger partial charge on any atom is -0.476 e. The Labute approximate surface area is 125 Å². The van der Waals surface area contributed by atoms with Gasteiger partial charge in [0.05, 0.1) is 16.9 Å². The minimum absolute atomic E-state index is 0.0115. The average molecular weight is 310 g/mol. The number of nitrogens with one attached hydrogen (secondary N) is 1. The minimum atomic E-state index is -1.17. The number of carboxylic acids is 1. The normalized spacial score (nSPS) is 10.7. The molecule has 0 saturated heterocycles. The highest BCUT2D eigenvalue weighted by Crippen LogP contribution is 2.24. The van der Waals surface area contributed by atoms with E-state index in [0.29, 0.717) is 11.5 Å². The van der Waals surface area contributed by atoms with Crippen molar-refractivity contribution in [3.8, 4) is 0 Å². The lowest BCUT2D eigenvalue weighted by Gasteiger charge is -2.11. The number of aromatic nitrogens is 2. The molecule has 0 aliphatic heterocycles. The summed E-state index contributed by atoms with van der Waals surface area (Å²) in [6, 6.07) is 4.00. The molecule has 0 aliphatic carbocycles. The van der Waals surface area contributed by atoms with Crippen LogP contribution < -0.4 is 5.32 Å². The predicted octanol–water partition coefficient (Wildman–Crippen LogP) is 3.83. The average Bonchev–Trinajstić information content (AvgIpc) is 2.43. The van der Waals surface area contributed by atoms with Gasteiger partial charge in [0.25, 0.3) is 0 Å². The number of halogens is 2. The number of aromatic carboxylic acids is 1. The summed E-state index contributed by atoms with van der Waals surface area (Å²) in [6.07, 6.45) is 1.39. The lowest BCUT2D eigenvalue weighted by atomic mass is 10.2. The van der Waals surface area contributed by atoms with E-state index in [2.05, 4.69) is 15.3 Å². The summed E-state index contributed by atoms with van der Waals surface area (Å²) in [6.45, 7) is 3.74. The van der Waals surface area contributed by atoms with Gasteiger partial charge in [-0.25, -0.2) is 19.2 Å². The van der Waals surface area contributed by atoms with E-state index in [1.54, 1.807) is 0 Å². The molecule has 0 atom stereocenters. The van der Waals surface area contributed by atoms with E-state index >= 15 is 0 Å². The second-order valence-corrected chi connectivity index (χ2v) is 5.11. The fraction of sp³-hybridized carbons (Fsp3) is 0.214. The van der Waals surface area contributed by atoms with Gasteiger partial charge in [0.1, 0.15) is 11.6 Å². The third kappa shape index (κ3) is 3.46. The number of hydrogen-bond donors (Lipinski definition) is 2. The summed E-state index contributed by atoms with van der Waals surface area (Å²) in [4.78, 5) is 19.4. The van der Waals surface area contributed by atoms with Crippen LogP contribution >= 0.6 is 11.6 Å². The molecule has 110 valence electrons. The van der Waals surface area contributed by atoms with E-state index in [0.717, 1.165) is 0 Å². The van der Waals surface area contributed by atoms with Gasteiger partial charge in [-0.15, -0.1) is 0 Å². The van der Waals surface area contributed by atoms with Crippen molar-refractivity contribution in [1.82, 2.24) is 9.97 Å². The van der Waals surface area contributed by atoms with Gasteiger partial charge < -0.3 is 10.4 Å². The molecular weight excluding hydrogens is 297 g/mol. The van der Waals surface area contributed by atoms with E-state index in [1.807, 2.05) is 13.8 Å². The van der Waals surface area contributed by atoms with Crippen molar-refractivity contribution >= 4 is 28.9 Å². The van der Waals surface area contributed by atoms with Gasteiger partial charge in [-0.1, -0.05) is 25.4 Å². The van der Waals surface area contributed by atoms with E-state index in [9.17, 15) is 14.3 Å². The van der Waals surface area contributed by atoms with Gasteiger partial charge >= 0.3 is 5.97 Å². The molecule has 0 saturated carbocycles. The number of benzene rings is 1. The van der Waals surface area contributed by atoms with Crippen LogP contribution in [0.5, 0.6) is 0 Å². The van der Waals surface area contributed by atoms with Crippen LogP contribution in [0.2, 0.25) is 5.02 Å². The Balaban J connectivity index is 2.39. The SMILES string of the molecule is CC(C)c1ncc(Nc2ccc(F)c(Cl)c2)c(C(=O)O)n1. The molecule has 0 fully saturated rings. The van der Waals surface area contributed by atoms with Crippen molar-refractivity contribution in [2.45, 2.75) is 19.8 Å². The van der Waals surface area contributed by atoms with Gasteiger partial charge in [0.2, 0.25) is 0 Å². The summed E-state index contributed by atoms with van der Waals surface area (Å²) in [5, 5.41) is 12.0. The Morgan fingerprint density at radius 2 is 2.14 bits per heavy atom.